The van der Waals surface area contributed by atoms with E-state index in [0.717, 1.165) is 0 Å². The molecule has 0 aromatic heterocycles. The molecular formula is C16H16O2Sn. The van der Waals surface area contributed by atoms with Crippen molar-refractivity contribution < 1.29 is 7.87 Å². The van der Waals surface area contributed by atoms with Gasteiger partial charge in [0.2, 0.25) is 0 Å². The van der Waals surface area contributed by atoms with Gasteiger partial charge in [-0.3, -0.25) is 0 Å². The van der Waals surface area contributed by atoms with Gasteiger partial charge in [0.15, 0.2) is 0 Å². The minimum atomic E-state index is -3.30. The zero-order chi connectivity index (χ0) is 13.1. The van der Waals surface area contributed by atoms with Gasteiger partial charge in [-0.1, -0.05) is 0 Å². The van der Waals surface area contributed by atoms with Gasteiger partial charge in [-0.05, 0) is 0 Å². The molecule has 0 fully saturated rings. The summed E-state index contributed by atoms with van der Waals surface area (Å²) in [7, 11) is 0. The molecule has 0 aliphatic heterocycles. The van der Waals surface area contributed by atoms with Crippen molar-refractivity contribution in [3.05, 3.63) is 72.9 Å². The van der Waals surface area contributed by atoms with Crippen LogP contribution in [-0.2, 0) is 7.87 Å². The molecule has 0 amide bonds. The summed E-state index contributed by atoms with van der Waals surface area (Å²) in [5.74, 6) is 0. The fourth-order valence-corrected chi connectivity index (χ4v) is 15.9. The van der Waals surface area contributed by atoms with Crippen LogP contribution >= 0.6 is 0 Å². The van der Waals surface area contributed by atoms with Crippen LogP contribution in [0.1, 0.15) is 0 Å². The quantitative estimate of drug-likeness (QED) is 0.554. The molecule has 3 aliphatic rings. The monoisotopic (exact) mass is 360 g/mol. The molecule has 0 N–H and O–H groups in total. The molecule has 3 aliphatic carbocycles. The Morgan fingerprint density at radius 3 is 1.26 bits per heavy atom. The first-order valence-electron chi connectivity index (χ1n) is 6.54. The van der Waals surface area contributed by atoms with E-state index in [4.69, 9.17) is 3.07 Å². The Balaban J connectivity index is 2.07. The normalized spacial score (nSPS) is 22.1. The van der Waals surface area contributed by atoms with Crippen LogP contribution in [-0.4, -0.2) is 25.3 Å². The molecule has 0 heterocycles. The van der Waals surface area contributed by atoms with Crippen LogP contribution < -0.4 is 0 Å². The average molecular weight is 359 g/mol. The molecular weight excluding hydrogens is 343 g/mol. The topological polar surface area (TPSA) is 26.3 Å². The van der Waals surface area contributed by atoms with E-state index in [1.165, 1.54) is 0 Å². The Bertz CT molecular complexity index is 432. The summed E-state index contributed by atoms with van der Waals surface area (Å²) in [6.45, 7) is 0.677. The van der Waals surface area contributed by atoms with E-state index >= 15 is 0 Å². The molecule has 0 bridgehead atoms. The van der Waals surface area contributed by atoms with Crippen LogP contribution in [0.15, 0.2) is 72.9 Å². The van der Waals surface area contributed by atoms with Crippen molar-refractivity contribution in [3.63, 3.8) is 0 Å². The molecule has 3 heteroatoms. The summed E-state index contributed by atoms with van der Waals surface area (Å²) in [6.07, 6.45) is 25.6. The van der Waals surface area contributed by atoms with E-state index in [1.807, 2.05) is 0 Å². The number of hydrogen-bond acceptors (Lipinski definition) is 2. The summed E-state index contributed by atoms with van der Waals surface area (Å²) in [6, 6.07) is 0. The molecule has 0 spiro atoms. The van der Waals surface area contributed by atoms with E-state index < -0.39 is 18.8 Å². The third-order valence-electron chi connectivity index (χ3n) is 4.06. The van der Waals surface area contributed by atoms with Crippen molar-refractivity contribution in [2.24, 2.45) is 0 Å². The Morgan fingerprint density at radius 1 is 0.684 bits per heavy atom. The number of hydrogen-bond donors (Lipinski definition) is 0. The second kappa shape index (κ2) is 5.37. The van der Waals surface area contributed by atoms with Crippen LogP contribution in [0.5, 0.6) is 0 Å². The van der Waals surface area contributed by atoms with Gasteiger partial charge in [-0.2, -0.15) is 0 Å². The third kappa shape index (κ3) is 2.08. The van der Waals surface area contributed by atoms with Gasteiger partial charge in [0, 0.05) is 0 Å². The first kappa shape index (κ1) is 12.7. The van der Waals surface area contributed by atoms with Gasteiger partial charge in [-0.25, -0.2) is 0 Å². The molecule has 0 aromatic carbocycles. The summed E-state index contributed by atoms with van der Waals surface area (Å²) < 4.78 is 6.80. The Morgan fingerprint density at radius 2 is 1.00 bits per heavy atom. The van der Waals surface area contributed by atoms with Gasteiger partial charge in [0.05, 0.1) is 0 Å². The fraction of sp³-hybridized carbons (Fsp3) is 0.188. The molecule has 2 nitrogen and oxygen atoms in total. The Kier molecular flexibility index (Phi) is 3.60. The van der Waals surface area contributed by atoms with Crippen LogP contribution in [0, 0.1) is 0 Å². The van der Waals surface area contributed by atoms with Crippen molar-refractivity contribution in [3.8, 4) is 0 Å². The third-order valence-corrected chi connectivity index (χ3v) is 17.7. The van der Waals surface area contributed by atoms with Gasteiger partial charge < -0.3 is 0 Å². The van der Waals surface area contributed by atoms with Gasteiger partial charge >= 0.3 is 118 Å². The van der Waals surface area contributed by atoms with Crippen molar-refractivity contribution >= 4 is 25.3 Å². The second-order valence-corrected chi connectivity index (χ2v) is 16.2. The molecule has 19 heavy (non-hydrogen) atoms. The SMILES string of the molecule is O=C[O][Sn]([CH]1C=CC=C1)([CH]1C=CC=C1)[CH]1C=CC=C1. The number of rotatable bonds is 5. The number of allylic oxidation sites excluding steroid dienone is 12. The minimum absolute atomic E-state index is 0.300. The molecule has 3 rings (SSSR count). The number of carbonyl (C=O) groups is 1. The van der Waals surface area contributed by atoms with Crippen LogP contribution in [0.3, 0.4) is 0 Å². The van der Waals surface area contributed by atoms with E-state index in [-0.39, 0.29) is 0 Å². The van der Waals surface area contributed by atoms with Gasteiger partial charge in [0.25, 0.3) is 0 Å². The summed E-state index contributed by atoms with van der Waals surface area (Å²) >= 11 is -3.30. The fourth-order valence-electron chi connectivity index (χ4n) is 3.18. The van der Waals surface area contributed by atoms with E-state index in [1.54, 1.807) is 0 Å². The van der Waals surface area contributed by atoms with Gasteiger partial charge in [-0.15, -0.1) is 0 Å². The maximum absolute atomic E-state index is 11.2. The molecule has 0 radical (unpaired) electrons. The number of carbonyl (C=O) groups excluding carboxylic acids is 1. The summed E-state index contributed by atoms with van der Waals surface area (Å²) in [5.41, 5.74) is 0. The molecule has 0 saturated carbocycles. The van der Waals surface area contributed by atoms with Crippen molar-refractivity contribution in [1.29, 1.82) is 0 Å². The Hall–Kier alpha value is -1.29. The first-order chi connectivity index (χ1) is 9.38. The van der Waals surface area contributed by atoms with Crippen LogP contribution in [0.2, 0.25) is 11.8 Å². The zero-order valence-electron chi connectivity index (χ0n) is 10.6. The first-order valence-corrected chi connectivity index (χ1v) is 12.7. The predicted octanol–water partition coefficient (Wildman–Crippen LogP) is 3.59. The molecule has 96 valence electrons. The summed E-state index contributed by atoms with van der Waals surface area (Å²) in [5, 5.41) is 0. The average Bonchev–Trinajstić information content (AvgIpc) is 3.18. The Labute approximate surface area is 118 Å². The second-order valence-electron chi connectivity index (χ2n) is 4.95. The van der Waals surface area contributed by atoms with Crippen LogP contribution in [0.25, 0.3) is 0 Å². The summed E-state index contributed by atoms with van der Waals surface area (Å²) in [4.78, 5) is 11.2. The van der Waals surface area contributed by atoms with E-state index in [0.29, 0.717) is 18.3 Å². The predicted molar refractivity (Wildman–Crippen MR) is 79.0 cm³/mol. The van der Waals surface area contributed by atoms with Gasteiger partial charge in [0.1, 0.15) is 0 Å². The van der Waals surface area contributed by atoms with Crippen LogP contribution in [0.4, 0.5) is 0 Å². The molecule has 0 unspecified atom stereocenters. The molecule has 0 saturated heterocycles. The molecule has 0 aromatic rings. The van der Waals surface area contributed by atoms with Crippen molar-refractivity contribution in [2.75, 3.05) is 0 Å². The van der Waals surface area contributed by atoms with E-state index in [9.17, 15) is 4.79 Å². The van der Waals surface area contributed by atoms with Crippen molar-refractivity contribution in [1.82, 2.24) is 0 Å². The maximum atomic E-state index is 11.2. The molecule has 0 atom stereocenters. The van der Waals surface area contributed by atoms with E-state index in [2.05, 4.69) is 72.9 Å². The standard InChI is InChI=1S/3C5H5.CH2O2.Sn/c3*1-2-4-5-3-1;2-1-3;/h3*1-5H;1H,(H,2,3);/q;;;;+1/p-1. The zero-order valence-corrected chi connectivity index (χ0v) is 13.4. The van der Waals surface area contributed by atoms with Crippen molar-refractivity contribution in [2.45, 2.75) is 11.8 Å².